The quantitative estimate of drug-likeness (QED) is 0.408. The van der Waals surface area contributed by atoms with Crippen LogP contribution in [0.4, 0.5) is 10.3 Å². The van der Waals surface area contributed by atoms with Gasteiger partial charge in [0.15, 0.2) is 23.0 Å². The Morgan fingerprint density at radius 1 is 1.38 bits per heavy atom. The molecule has 178 valence electrons. The van der Waals surface area contributed by atoms with E-state index in [1.54, 1.807) is 18.1 Å². The van der Waals surface area contributed by atoms with Gasteiger partial charge in [0.05, 0.1) is 18.8 Å². The van der Waals surface area contributed by atoms with E-state index in [1.165, 1.54) is 23.8 Å². The van der Waals surface area contributed by atoms with E-state index in [2.05, 4.69) is 25.0 Å². The predicted octanol–water partition coefficient (Wildman–Crippen LogP) is 3.09. The highest BCUT2D eigenvalue weighted by Gasteiger charge is 2.28. The number of benzene rings is 1. The maximum atomic E-state index is 14.3. The van der Waals surface area contributed by atoms with Gasteiger partial charge in [-0.15, -0.1) is 5.10 Å². The summed E-state index contributed by atoms with van der Waals surface area (Å²) in [6.07, 6.45) is 6.00. The number of amides is 1. The first kappa shape index (κ1) is 22.1. The third kappa shape index (κ3) is 4.02. The molecule has 0 unspecified atom stereocenters. The fourth-order valence-electron chi connectivity index (χ4n) is 4.09. The molecule has 1 saturated carbocycles. The first-order valence-corrected chi connectivity index (χ1v) is 11.4. The number of nitrogens with zero attached hydrogens (tertiary/aromatic N) is 6. The van der Waals surface area contributed by atoms with Crippen LogP contribution in [0.25, 0.3) is 16.6 Å². The number of aryl methyl sites for hydroxylation is 1. The van der Waals surface area contributed by atoms with Crippen molar-refractivity contribution in [3.8, 4) is 5.75 Å². The van der Waals surface area contributed by atoms with Crippen LogP contribution in [0, 0.1) is 5.82 Å². The molecular formula is C23H27FN8O2. The summed E-state index contributed by atoms with van der Waals surface area (Å²) >= 11 is 0. The number of fused-ring (bicyclic) bond motifs is 3. The number of hydrogen-bond acceptors (Lipinski definition) is 7. The average molecular weight is 467 g/mol. The summed E-state index contributed by atoms with van der Waals surface area (Å²) < 4.78 is 20.7. The molecule has 0 saturated heterocycles. The van der Waals surface area contributed by atoms with Gasteiger partial charge >= 0.3 is 0 Å². The second-order valence-electron chi connectivity index (χ2n) is 8.85. The molecule has 1 aromatic carbocycles. The molecule has 1 aliphatic carbocycles. The number of ether oxygens (including phenoxy) is 1. The van der Waals surface area contributed by atoms with Crippen LogP contribution in [-0.4, -0.2) is 60.6 Å². The molecule has 11 heteroatoms. The van der Waals surface area contributed by atoms with Crippen molar-refractivity contribution >= 4 is 28.4 Å². The van der Waals surface area contributed by atoms with Crippen molar-refractivity contribution in [1.82, 2.24) is 34.4 Å². The zero-order chi connectivity index (χ0) is 24.0. The van der Waals surface area contributed by atoms with Crippen molar-refractivity contribution in [3.05, 3.63) is 41.5 Å². The minimum atomic E-state index is -0.504. The van der Waals surface area contributed by atoms with Crippen molar-refractivity contribution < 1.29 is 13.9 Å². The standard InChI is InChI=1S/C23H27FN8O2/c1-12(31(2)22(33)17-11-26-20(27-17)13-7-8-13)5-4-6-19-29-21-14-9-15(24)18(34-3)10-16(14)28-23(25)32(21)30-19/h9-13H,4-8H2,1-3H3,(H2,25,28)(H,26,27)/t12-/m0/s1. The van der Waals surface area contributed by atoms with Gasteiger partial charge in [-0.25, -0.2) is 19.3 Å². The molecule has 1 amide bonds. The largest absolute Gasteiger partial charge is 0.494 e. The fourth-order valence-corrected chi connectivity index (χ4v) is 4.09. The molecular weight excluding hydrogens is 439 g/mol. The number of aromatic nitrogens is 6. The molecule has 0 radical (unpaired) electrons. The molecule has 5 rings (SSSR count). The number of methoxy groups -OCH3 is 1. The van der Waals surface area contributed by atoms with Crippen LogP contribution in [0.5, 0.6) is 5.75 Å². The summed E-state index contributed by atoms with van der Waals surface area (Å²) in [7, 11) is 3.20. The zero-order valence-corrected chi connectivity index (χ0v) is 19.4. The number of H-pyrrole nitrogens is 1. The van der Waals surface area contributed by atoms with Gasteiger partial charge in [-0.3, -0.25) is 4.79 Å². The van der Waals surface area contributed by atoms with Crippen LogP contribution in [0.1, 0.15) is 60.7 Å². The molecule has 0 spiro atoms. The highest BCUT2D eigenvalue weighted by molar-refractivity contribution is 5.93. The lowest BCUT2D eigenvalue weighted by Crippen LogP contribution is -2.35. The summed E-state index contributed by atoms with van der Waals surface area (Å²) in [5.41, 5.74) is 7.52. The molecule has 3 aromatic heterocycles. The number of anilines is 1. The van der Waals surface area contributed by atoms with Crippen LogP contribution >= 0.6 is 0 Å². The molecule has 0 bridgehead atoms. The van der Waals surface area contributed by atoms with Gasteiger partial charge in [0.25, 0.3) is 5.91 Å². The number of carbonyl (C=O) groups excluding carboxylic acids is 1. The Kier molecular flexibility index (Phi) is 5.54. The summed E-state index contributed by atoms with van der Waals surface area (Å²) in [4.78, 5) is 30.9. The van der Waals surface area contributed by atoms with Crippen molar-refractivity contribution in [2.24, 2.45) is 0 Å². The topological polar surface area (TPSA) is 127 Å². The molecule has 1 fully saturated rings. The van der Waals surface area contributed by atoms with E-state index in [4.69, 9.17) is 10.5 Å². The number of imidazole rings is 1. The first-order valence-electron chi connectivity index (χ1n) is 11.4. The monoisotopic (exact) mass is 466 g/mol. The van der Waals surface area contributed by atoms with Gasteiger partial charge in [0, 0.05) is 36.9 Å². The van der Waals surface area contributed by atoms with Crippen molar-refractivity contribution in [3.63, 3.8) is 0 Å². The Morgan fingerprint density at radius 3 is 2.91 bits per heavy atom. The van der Waals surface area contributed by atoms with Crippen LogP contribution in [0.15, 0.2) is 18.3 Å². The lowest BCUT2D eigenvalue weighted by atomic mass is 10.1. The number of nitrogens with one attached hydrogen (secondary N) is 1. The van der Waals surface area contributed by atoms with E-state index in [9.17, 15) is 9.18 Å². The van der Waals surface area contributed by atoms with Gasteiger partial charge < -0.3 is 20.4 Å². The summed E-state index contributed by atoms with van der Waals surface area (Å²) in [6, 6.07) is 2.85. The molecule has 1 aliphatic rings. The van der Waals surface area contributed by atoms with Crippen LogP contribution in [0.3, 0.4) is 0 Å². The van der Waals surface area contributed by atoms with E-state index in [0.29, 0.717) is 40.4 Å². The predicted molar refractivity (Wildman–Crippen MR) is 124 cm³/mol. The lowest BCUT2D eigenvalue weighted by molar-refractivity contribution is 0.0730. The number of hydrogen-bond donors (Lipinski definition) is 2. The second-order valence-corrected chi connectivity index (χ2v) is 8.85. The summed E-state index contributed by atoms with van der Waals surface area (Å²) in [5, 5.41) is 4.96. The molecule has 1 atom stereocenters. The zero-order valence-electron chi connectivity index (χ0n) is 19.4. The summed E-state index contributed by atoms with van der Waals surface area (Å²) in [6.45, 7) is 2.01. The maximum Gasteiger partial charge on any atom is 0.271 e. The minimum Gasteiger partial charge on any atom is -0.494 e. The van der Waals surface area contributed by atoms with Gasteiger partial charge in [0.2, 0.25) is 5.95 Å². The molecule has 3 N–H and O–H groups in total. The average Bonchev–Trinajstić information content (AvgIpc) is 3.38. The third-order valence-corrected chi connectivity index (χ3v) is 6.41. The van der Waals surface area contributed by atoms with E-state index in [-0.39, 0.29) is 23.6 Å². The molecule has 4 aromatic rings. The molecule has 0 aliphatic heterocycles. The van der Waals surface area contributed by atoms with E-state index < -0.39 is 5.82 Å². The van der Waals surface area contributed by atoms with Gasteiger partial charge in [-0.1, -0.05) is 0 Å². The highest BCUT2D eigenvalue weighted by Crippen LogP contribution is 2.38. The summed E-state index contributed by atoms with van der Waals surface area (Å²) in [5.74, 6) is 1.65. The highest BCUT2D eigenvalue weighted by atomic mass is 19.1. The number of halogens is 1. The van der Waals surface area contributed by atoms with Gasteiger partial charge in [-0.2, -0.15) is 4.52 Å². The molecule has 34 heavy (non-hydrogen) atoms. The third-order valence-electron chi connectivity index (χ3n) is 6.41. The maximum absolute atomic E-state index is 14.3. The van der Waals surface area contributed by atoms with Gasteiger partial charge in [0.1, 0.15) is 11.5 Å². The number of carbonyl (C=O) groups is 1. The van der Waals surface area contributed by atoms with Crippen molar-refractivity contribution in [2.45, 2.75) is 51.0 Å². The Hall–Kier alpha value is -3.76. The molecule has 10 nitrogen and oxygen atoms in total. The Labute approximate surface area is 195 Å². The normalized spacial score (nSPS) is 14.6. The van der Waals surface area contributed by atoms with Crippen molar-refractivity contribution in [2.75, 3.05) is 19.9 Å². The Balaban J connectivity index is 1.26. The van der Waals surface area contributed by atoms with Crippen LogP contribution < -0.4 is 10.5 Å². The van der Waals surface area contributed by atoms with E-state index >= 15 is 0 Å². The SMILES string of the molecule is COc1cc2nc(N)n3nc(CCC[C@H](C)N(C)C(=O)c4cnc(C5CC5)[nH]4)nc3c2cc1F. The van der Waals surface area contributed by atoms with Crippen LogP contribution in [0.2, 0.25) is 0 Å². The molecule has 3 heterocycles. The van der Waals surface area contributed by atoms with Gasteiger partial charge in [-0.05, 0) is 38.7 Å². The Morgan fingerprint density at radius 2 is 2.18 bits per heavy atom. The number of rotatable bonds is 8. The smallest absolute Gasteiger partial charge is 0.271 e. The van der Waals surface area contributed by atoms with Crippen LogP contribution in [-0.2, 0) is 6.42 Å². The van der Waals surface area contributed by atoms with E-state index in [0.717, 1.165) is 31.5 Å². The first-order chi connectivity index (χ1) is 16.4. The number of nitrogens with two attached hydrogens (primary N) is 1. The van der Waals surface area contributed by atoms with E-state index in [1.807, 2.05) is 6.92 Å². The number of aromatic amines is 1. The van der Waals surface area contributed by atoms with Crippen molar-refractivity contribution in [1.29, 1.82) is 0 Å². The Bertz CT molecular complexity index is 1380. The minimum absolute atomic E-state index is 0.0198. The second kappa shape index (κ2) is 8.54. The lowest BCUT2D eigenvalue weighted by Gasteiger charge is -2.24. The fraction of sp³-hybridized carbons (Fsp3) is 0.435. The number of nitrogen functional groups attached to an aromatic ring is 1.